The van der Waals surface area contributed by atoms with Gasteiger partial charge in [-0.3, -0.25) is 0 Å². The lowest BCUT2D eigenvalue weighted by molar-refractivity contribution is 0.236. The van der Waals surface area contributed by atoms with Crippen molar-refractivity contribution < 1.29 is 16.8 Å². The lowest BCUT2D eigenvalue weighted by Gasteiger charge is -2.04. The van der Waals surface area contributed by atoms with Crippen LogP contribution in [0.5, 0.6) is 0 Å². The highest BCUT2D eigenvalue weighted by Crippen LogP contribution is 2.16. The van der Waals surface area contributed by atoms with Crippen molar-refractivity contribution in [3.05, 3.63) is 35.9 Å². The average Bonchev–Trinajstić information content (AvgIpc) is 2.47. The van der Waals surface area contributed by atoms with E-state index < -0.39 is 10.4 Å². The van der Waals surface area contributed by atoms with Crippen LogP contribution in [-0.4, -0.2) is 21.1 Å². The van der Waals surface area contributed by atoms with Gasteiger partial charge in [0.2, 0.25) is 0 Å². The van der Waals surface area contributed by atoms with E-state index in [1.165, 1.54) is 0 Å². The molecule has 0 spiro atoms. The average molecular weight is 214 g/mol. The Balaban J connectivity index is 2.01. The Kier molecular flexibility index (Phi) is 2.54. The minimum Gasteiger partial charge on any atom is -0.245 e. The predicted octanol–water partition coefficient (Wildman–Crippen LogP) is 0.889. The van der Waals surface area contributed by atoms with Crippen molar-refractivity contribution in [2.45, 2.75) is 12.5 Å². The van der Waals surface area contributed by atoms with Crippen LogP contribution in [0, 0.1) is 0 Å². The van der Waals surface area contributed by atoms with E-state index in [2.05, 4.69) is 4.18 Å². The van der Waals surface area contributed by atoms with Gasteiger partial charge in [-0.25, -0.2) is 8.37 Å². The molecule has 1 aliphatic heterocycles. The third-order valence-corrected chi connectivity index (χ3v) is 2.89. The molecule has 1 aliphatic rings. The van der Waals surface area contributed by atoms with Crippen molar-refractivity contribution in [2.24, 2.45) is 0 Å². The molecular formula is C9H10O4S. The normalized spacial score (nSPS) is 25.0. The third kappa shape index (κ3) is 2.31. The fourth-order valence-corrected chi connectivity index (χ4v) is 2.18. The zero-order valence-electron chi connectivity index (χ0n) is 7.42. The Hall–Kier alpha value is -0.910. The monoisotopic (exact) mass is 214 g/mol. The van der Waals surface area contributed by atoms with Gasteiger partial charge in [0.15, 0.2) is 0 Å². The molecule has 1 aromatic rings. The summed E-state index contributed by atoms with van der Waals surface area (Å²) in [5.74, 6) is 0. The van der Waals surface area contributed by atoms with Crippen molar-refractivity contribution in [3.63, 3.8) is 0 Å². The van der Waals surface area contributed by atoms with Crippen LogP contribution in [0.2, 0.25) is 0 Å². The first-order chi connectivity index (χ1) is 6.66. The van der Waals surface area contributed by atoms with E-state index in [0.717, 1.165) is 5.56 Å². The second kappa shape index (κ2) is 3.68. The van der Waals surface area contributed by atoms with Crippen LogP contribution >= 0.6 is 0 Å². The van der Waals surface area contributed by atoms with Crippen molar-refractivity contribution in [3.8, 4) is 0 Å². The minimum atomic E-state index is -3.72. The zero-order valence-corrected chi connectivity index (χ0v) is 8.24. The lowest BCUT2D eigenvalue weighted by Crippen LogP contribution is -2.13. The van der Waals surface area contributed by atoms with Crippen molar-refractivity contribution in [1.29, 1.82) is 0 Å². The first-order valence-corrected chi connectivity index (χ1v) is 5.61. The van der Waals surface area contributed by atoms with Gasteiger partial charge in [0.25, 0.3) is 0 Å². The molecule has 0 unspecified atom stereocenters. The molecule has 2 rings (SSSR count). The summed E-state index contributed by atoms with van der Waals surface area (Å²) >= 11 is 0. The van der Waals surface area contributed by atoms with Gasteiger partial charge < -0.3 is 0 Å². The van der Waals surface area contributed by atoms with Crippen LogP contribution in [0.4, 0.5) is 0 Å². The van der Waals surface area contributed by atoms with Gasteiger partial charge in [0, 0.05) is 6.42 Å². The Morgan fingerprint density at radius 1 is 1.29 bits per heavy atom. The number of benzene rings is 1. The van der Waals surface area contributed by atoms with Crippen molar-refractivity contribution in [2.75, 3.05) is 6.61 Å². The first kappa shape index (κ1) is 9.64. The Bertz CT molecular complexity index is 398. The van der Waals surface area contributed by atoms with E-state index in [1.54, 1.807) is 0 Å². The highest BCUT2D eigenvalue weighted by Gasteiger charge is 2.29. The van der Waals surface area contributed by atoms with Crippen LogP contribution in [0.25, 0.3) is 0 Å². The molecule has 0 radical (unpaired) electrons. The van der Waals surface area contributed by atoms with Crippen LogP contribution in [0.15, 0.2) is 30.3 Å². The van der Waals surface area contributed by atoms with Crippen molar-refractivity contribution in [1.82, 2.24) is 0 Å². The maximum atomic E-state index is 10.8. The van der Waals surface area contributed by atoms with Crippen LogP contribution < -0.4 is 0 Å². The first-order valence-electron chi connectivity index (χ1n) is 4.27. The largest absolute Gasteiger partial charge is 0.400 e. The molecule has 0 saturated carbocycles. The molecule has 1 aromatic carbocycles. The summed E-state index contributed by atoms with van der Waals surface area (Å²) in [6.45, 7) is 0.108. The molecule has 0 aromatic heterocycles. The maximum absolute atomic E-state index is 10.8. The molecule has 0 amide bonds. The van der Waals surface area contributed by atoms with E-state index in [9.17, 15) is 8.42 Å². The van der Waals surface area contributed by atoms with E-state index in [4.69, 9.17) is 4.18 Å². The van der Waals surface area contributed by atoms with Gasteiger partial charge in [0.05, 0.1) is 6.61 Å². The van der Waals surface area contributed by atoms with Gasteiger partial charge in [0.1, 0.15) is 6.10 Å². The van der Waals surface area contributed by atoms with E-state index in [0.29, 0.717) is 6.42 Å². The van der Waals surface area contributed by atoms with E-state index >= 15 is 0 Å². The molecule has 0 aliphatic carbocycles. The quantitative estimate of drug-likeness (QED) is 0.733. The molecule has 4 nitrogen and oxygen atoms in total. The topological polar surface area (TPSA) is 52.6 Å². The molecule has 1 heterocycles. The van der Waals surface area contributed by atoms with E-state index in [1.807, 2.05) is 30.3 Å². The Morgan fingerprint density at radius 2 is 2.00 bits per heavy atom. The van der Waals surface area contributed by atoms with Crippen molar-refractivity contribution >= 4 is 10.4 Å². The summed E-state index contributed by atoms with van der Waals surface area (Å²) in [7, 11) is -3.72. The zero-order chi connectivity index (χ0) is 10.0. The van der Waals surface area contributed by atoms with Gasteiger partial charge in [-0.2, -0.15) is 8.42 Å². The summed E-state index contributed by atoms with van der Waals surface area (Å²) in [5.41, 5.74) is 1.04. The fourth-order valence-electron chi connectivity index (χ4n) is 1.35. The smallest absolute Gasteiger partial charge is 0.245 e. The molecule has 14 heavy (non-hydrogen) atoms. The number of hydrogen-bond donors (Lipinski definition) is 0. The molecule has 0 N–H and O–H groups in total. The maximum Gasteiger partial charge on any atom is 0.400 e. The van der Waals surface area contributed by atoms with Gasteiger partial charge in [-0.1, -0.05) is 30.3 Å². The fraction of sp³-hybridized carbons (Fsp3) is 0.333. The van der Waals surface area contributed by atoms with E-state index in [-0.39, 0.29) is 12.7 Å². The second-order valence-electron chi connectivity index (χ2n) is 3.10. The molecule has 0 bridgehead atoms. The van der Waals surface area contributed by atoms with Gasteiger partial charge >= 0.3 is 10.4 Å². The SMILES string of the molecule is O=S1(=O)OC[C@@H](Cc2ccccc2)O1. The molecule has 5 heteroatoms. The summed E-state index contributed by atoms with van der Waals surface area (Å²) in [4.78, 5) is 0. The number of hydrogen-bond acceptors (Lipinski definition) is 4. The van der Waals surface area contributed by atoms with Crippen LogP contribution in [0.1, 0.15) is 5.56 Å². The van der Waals surface area contributed by atoms with Crippen LogP contribution in [0.3, 0.4) is 0 Å². The summed E-state index contributed by atoms with van der Waals surface area (Å²) in [6, 6.07) is 9.56. The molecule has 76 valence electrons. The lowest BCUT2D eigenvalue weighted by atomic mass is 10.1. The summed E-state index contributed by atoms with van der Waals surface area (Å²) < 4.78 is 30.8. The third-order valence-electron chi connectivity index (χ3n) is 1.96. The summed E-state index contributed by atoms with van der Waals surface area (Å²) in [5, 5.41) is 0. The second-order valence-corrected chi connectivity index (χ2v) is 4.35. The van der Waals surface area contributed by atoms with Gasteiger partial charge in [-0.05, 0) is 5.56 Å². The molecule has 1 atom stereocenters. The molecular weight excluding hydrogens is 204 g/mol. The van der Waals surface area contributed by atoms with Gasteiger partial charge in [-0.15, -0.1) is 0 Å². The Morgan fingerprint density at radius 3 is 2.57 bits per heavy atom. The minimum absolute atomic E-state index is 0.108. The summed E-state index contributed by atoms with van der Waals surface area (Å²) in [6.07, 6.45) is 0.169. The highest BCUT2D eigenvalue weighted by molar-refractivity contribution is 7.82. The molecule has 1 fully saturated rings. The molecule has 1 saturated heterocycles. The Labute approximate surface area is 82.8 Å². The van der Waals surface area contributed by atoms with Crippen LogP contribution in [-0.2, 0) is 25.2 Å². The predicted molar refractivity (Wildman–Crippen MR) is 49.9 cm³/mol. The number of rotatable bonds is 2. The standard InChI is InChI=1S/C9H10O4S/c10-14(11)12-7-9(13-14)6-8-4-2-1-3-5-8/h1-5,9H,6-7H2/t9-/m1/s1. The highest BCUT2D eigenvalue weighted by atomic mass is 32.3.